The number of aryl methyl sites for hydroxylation is 1. The van der Waals surface area contributed by atoms with Gasteiger partial charge in [-0.3, -0.25) is 4.79 Å². The van der Waals surface area contributed by atoms with Crippen molar-refractivity contribution in [2.75, 3.05) is 12.4 Å². The van der Waals surface area contributed by atoms with E-state index in [-0.39, 0.29) is 16.9 Å². The molecule has 22 heavy (non-hydrogen) atoms. The molecule has 0 aliphatic heterocycles. The Bertz CT molecular complexity index is 739. The fraction of sp³-hybridized carbons (Fsp3) is 0.125. The van der Waals surface area contributed by atoms with Crippen LogP contribution in [0.3, 0.4) is 0 Å². The number of nitrogens with one attached hydrogen (secondary N) is 1. The van der Waals surface area contributed by atoms with Crippen molar-refractivity contribution < 1.29 is 24.5 Å². The molecule has 3 N–H and O–H groups in total. The number of rotatable bonds is 4. The number of aromatic carboxylic acids is 1. The summed E-state index contributed by atoms with van der Waals surface area (Å²) in [5, 5.41) is 21.3. The average molecular weight is 301 g/mol. The number of methoxy groups -OCH3 is 1. The zero-order chi connectivity index (χ0) is 16.3. The molecule has 0 radical (unpaired) electrons. The predicted octanol–water partition coefficient (Wildman–Crippen LogP) is 2.66. The van der Waals surface area contributed by atoms with E-state index in [1.807, 2.05) is 0 Å². The van der Waals surface area contributed by atoms with E-state index in [1.165, 1.54) is 37.4 Å². The second kappa shape index (κ2) is 6.17. The number of amides is 1. The van der Waals surface area contributed by atoms with Gasteiger partial charge in [-0.1, -0.05) is 0 Å². The molecular formula is C16H15NO5. The summed E-state index contributed by atoms with van der Waals surface area (Å²) in [4.78, 5) is 23.1. The Morgan fingerprint density at radius 1 is 1.14 bits per heavy atom. The molecule has 114 valence electrons. The third-order valence-corrected chi connectivity index (χ3v) is 3.17. The minimum atomic E-state index is -1.04. The van der Waals surface area contributed by atoms with Crippen LogP contribution in [-0.4, -0.2) is 29.2 Å². The van der Waals surface area contributed by atoms with Crippen LogP contribution in [0, 0.1) is 6.92 Å². The monoisotopic (exact) mass is 301 g/mol. The normalized spacial score (nSPS) is 10.1. The first-order valence-electron chi connectivity index (χ1n) is 6.44. The molecule has 0 aromatic heterocycles. The SMILES string of the molecule is COc1ccc(O)c(C(=O)Nc2ccc(C(=O)O)cc2C)c1. The molecule has 0 bridgehead atoms. The molecule has 0 aliphatic carbocycles. The molecule has 0 saturated heterocycles. The number of carbonyl (C=O) groups excluding carboxylic acids is 1. The van der Waals surface area contributed by atoms with E-state index in [4.69, 9.17) is 9.84 Å². The van der Waals surface area contributed by atoms with Crippen molar-refractivity contribution in [3.63, 3.8) is 0 Å². The Morgan fingerprint density at radius 3 is 2.45 bits per heavy atom. The third-order valence-electron chi connectivity index (χ3n) is 3.17. The molecule has 0 unspecified atom stereocenters. The number of carboxylic acid groups (broad SMARTS) is 1. The van der Waals surface area contributed by atoms with Crippen LogP contribution in [0.5, 0.6) is 11.5 Å². The first-order chi connectivity index (χ1) is 10.4. The van der Waals surface area contributed by atoms with E-state index in [0.717, 1.165) is 0 Å². The standard InChI is InChI=1S/C16H15NO5/c1-9-7-10(16(20)21)3-5-13(9)17-15(19)12-8-11(22-2)4-6-14(12)18/h3-8,18H,1-2H3,(H,17,19)(H,20,21). The smallest absolute Gasteiger partial charge is 0.335 e. The highest BCUT2D eigenvalue weighted by Gasteiger charge is 2.14. The Hall–Kier alpha value is -3.02. The van der Waals surface area contributed by atoms with Gasteiger partial charge in [-0.2, -0.15) is 0 Å². The number of hydrogen-bond acceptors (Lipinski definition) is 4. The Labute approximate surface area is 127 Å². The van der Waals surface area contributed by atoms with Gasteiger partial charge in [0.25, 0.3) is 5.91 Å². The number of ether oxygens (including phenoxy) is 1. The van der Waals surface area contributed by atoms with Crippen molar-refractivity contribution in [1.82, 2.24) is 0 Å². The number of benzene rings is 2. The number of carbonyl (C=O) groups is 2. The van der Waals surface area contributed by atoms with Crippen LogP contribution in [0.2, 0.25) is 0 Å². The van der Waals surface area contributed by atoms with E-state index in [0.29, 0.717) is 17.0 Å². The minimum Gasteiger partial charge on any atom is -0.507 e. The Balaban J connectivity index is 2.27. The van der Waals surface area contributed by atoms with Gasteiger partial charge in [0, 0.05) is 5.69 Å². The van der Waals surface area contributed by atoms with Crippen molar-refractivity contribution in [3.05, 3.63) is 53.1 Å². The first kappa shape index (κ1) is 15.4. The van der Waals surface area contributed by atoms with Gasteiger partial charge in [-0.15, -0.1) is 0 Å². The summed E-state index contributed by atoms with van der Waals surface area (Å²) in [6, 6.07) is 8.70. The fourth-order valence-corrected chi connectivity index (χ4v) is 1.95. The van der Waals surface area contributed by atoms with Gasteiger partial charge in [-0.05, 0) is 48.9 Å². The van der Waals surface area contributed by atoms with Gasteiger partial charge in [-0.25, -0.2) is 4.79 Å². The lowest BCUT2D eigenvalue weighted by Gasteiger charge is -2.11. The lowest BCUT2D eigenvalue weighted by molar-refractivity contribution is 0.0696. The maximum absolute atomic E-state index is 12.2. The van der Waals surface area contributed by atoms with Crippen LogP contribution in [0.1, 0.15) is 26.3 Å². The molecule has 2 aromatic rings. The van der Waals surface area contributed by atoms with Crippen molar-refractivity contribution in [1.29, 1.82) is 0 Å². The van der Waals surface area contributed by atoms with Crippen LogP contribution >= 0.6 is 0 Å². The zero-order valence-corrected chi connectivity index (χ0v) is 12.1. The molecule has 6 heteroatoms. The molecule has 0 saturated carbocycles. The minimum absolute atomic E-state index is 0.0704. The van der Waals surface area contributed by atoms with E-state index < -0.39 is 11.9 Å². The van der Waals surface area contributed by atoms with E-state index in [9.17, 15) is 14.7 Å². The highest BCUT2D eigenvalue weighted by molar-refractivity contribution is 6.07. The molecule has 0 aliphatic rings. The molecule has 6 nitrogen and oxygen atoms in total. The molecule has 2 aromatic carbocycles. The Kier molecular flexibility index (Phi) is 4.31. The summed E-state index contributed by atoms with van der Waals surface area (Å²) in [6.45, 7) is 1.69. The van der Waals surface area contributed by atoms with Gasteiger partial charge >= 0.3 is 5.97 Å². The summed E-state index contributed by atoms with van der Waals surface area (Å²) in [7, 11) is 1.46. The number of hydrogen-bond donors (Lipinski definition) is 3. The zero-order valence-electron chi connectivity index (χ0n) is 12.1. The second-order valence-corrected chi connectivity index (χ2v) is 4.67. The van der Waals surface area contributed by atoms with Crippen LogP contribution in [0.15, 0.2) is 36.4 Å². The molecule has 0 atom stereocenters. The maximum atomic E-state index is 12.2. The van der Waals surface area contributed by atoms with Crippen molar-refractivity contribution >= 4 is 17.6 Å². The second-order valence-electron chi connectivity index (χ2n) is 4.67. The largest absolute Gasteiger partial charge is 0.507 e. The highest BCUT2D eigenvalue weighted by atomic mass is 16.5. The topological polar surface area (TPSA) is 95.9 Å². The van der Waals surface area contributed by atoms with Crippen LogP contribution < -0.4 is 10.1 Å². The lowest BCUT2D eigenvalue weighted by atomic mass is 10.1. The molecule has 0 spiro atoms. The summed E-state index contributed by atoms with van der Waals surface area (Å²) >= 11 is 0. The van der Waals surface area contributed by atoms with Crippen LogP contribution in [0.25, 0.3) is 0 Å². The van der Waals surface area contributed by atoms with Crippen molar-refractivity contribution in [3.8, 4) is 11.5 Å². The number of anilines is 1. The number of aromatic hydroxyl groups is 1. The quantitative estimate of drug-likeness (QED) is 0.807. The number of carboxylic acids is 1. The van der Waals surface area contributed by atoms with E-state index >= 15 is 0 Å². The van der Waals surface area contributed by atoms with E-state index in [1.54, 1.807) is 13.0 Å². The fourth-order valence-electron chi connectivity index (χ4n) is 1.95. The summed E-state index contributed by atoms with van der Waals surface area (Å²) < 4.78 is 5.02. The molecule has 0 heterocycles. The highest BCUT2D eigenvalue weighted by Crippen LogP contribution is 2.25. The number of phenols is 1. The summed E-state index contributed by atoms with van der Waals surface area (Å²) in [6.07, 6.45) is 0. The summed E-state index contributed by atoms with van der Waals surface area (Å²) in [5.74, 6) is -1.27. The van der Waals surface area contributed by atoms with Gasteiger partial charge in [0.1, 0.15) is 11.5 Å². The third kappa shape index (κ3) is 3.17. The van der Waals surface area contributed by atoms with Crippen LogP contribution in [-0.2, 0) is 0 Å². The van der Waals surface area contributed by atoms with E-state index in [2.05, 4.69) is 5.32 Å². The summed E-state index contributed by atoms with van der Waals surface area (Å²) in [5.41, 5.74) is 1.29. The molecule has 2 rings (SSSR count). The molecule has 0 fully saturated rings. The number of phenolic OH excluding ortho intramolecular Hbond substituents is 1. The van der Waals surface area contributed by atoms with Gasteiger partial charge in [0.2, 0.25) is 0 Å². The maximum Gasteiger partial charge on any atom is 0.335 e. The van der Waals surface area contributed by atoms with Gasteiger partial charge < -0.3 is 20.3 Å². The van der Waals surface area contributed by atoms with Crippen molar-refractivity contribution in [2.24, 2.45) is 0 Å². The lowest BCUT2D eigenvalue weighted by Crippen LogP contribution is -2.13. The average Bonchev–Trinajstić information content (AvgIpc) is 2.49. The van der Waals surface area contributed by atoms with Crippen molar-refractivity contribution in [2.45, 2.75) is 6.92 Å². The van der Waals surface area contributed by atoms with Gasteiger partial charge in [0.05, 0.1) is 18.2 Å². The first-order valence-corrected chi connectivity index (χ1v) is 6.44. The van der Waals surface area contributed by atoms with Crippen LogP contribution in [0.4, 0.5) is 5.69 Å². The Morgan fingerprint density at radius 2 is 1.86 bits per heavy atom. The molecular weight excluding hydrogens is 286 g/mol. The molecule has 1 amide bonds. The predicted molar refractivity (Wildman–Crippen MR) is 80.8 cm³/mol. The van der Waals surface area contributed by atoms with Gasteiger partial charge in [0.15, 0.2) is 0 Å².